The SMILES string of the molecule is Cc1nc(C)c(C(=O)NC2CCCC(C(=O)O)C2)o1. The summed E-state index contributed by atoms with van der Waals surface area (Å²) in [4.78, 5) is 27.0. The number of hydrogen-bond donors (Lipinski definition) is 2. The Morgan fingerprint density at radius 2 is 2.11 bits per heavy atom. The van der Waals surface area contributed by atoms with Crippen LogP contribution < -0.4 is 5.32 Å². The first kappa shape index (κ1) is 13.6. The number of rotatable bonds is 3. The fraction of sp³-hybridized carbons (Fsp3) is 0.615. The highest BCUT2D eigenvalue weighted by Gasteiger charge is 2.29. The summed E-state index contributed by atoms with van der Waals surface area (Å²) in [6.45, 7) is 3.40. The summed E-state index contributed by atoms with van der Waals surface area (Å²) in [6, 6.07) is -0.104. The van der Waals surface area contributed by atoms with Crippen LogP contribution in [0.2, 0.25) is 0 Å². The van der Waals surface area contributed by atoms with Crippen molar-refractivity contribution in [3.05, 3.63) is 17.3 Å². The van der Waals surface area contributed by atoms with Crippen molar-refractivity contribution < 1.29 is 19.1 Å². The molecule has 0 bridgehead atoms. The Hall–Kier alpha value is -1.85. The number of aromatic nitrogens is 1. The second-order valence-corrected chi connectivity index (χ2v) is 5.02. The molecule has 0 aromatic carbocycles. The van der Waals surface area contributed by atoms with E-state index >= 15 is 0 Å². The van der Waals surface area contributed by atoms with Gasteiger partial charge in [0.05, 0.1) is 11.6 Å². The Bertz CT molecular complexity index is 495. The number of oxazole rings is 1. The molecule has 1 aliphatic carbocycles. The predicted molar refractivity (Wildman–Crippen MR) is 66.8 cm³/mol. The molecule has 1 saturated carbocycles. The molecule has 1 fully saturated rings. The van der Waals surface area contributed by atoms with Crippen LogP contribution >= 0.6 is 0 Å². The van der Waals surface area contributed by atoms with Crippen LogP contribution in [0.5, 0.6) is 0 Å². The van der Waals surface area contributed by atoms with Gasteiger partial charge in [-0.15, -0.1) is 0 Å². The van der Waals surface area contributed by atoms with E-state index in [9.17, 15) is 9.59 Å². The standard InChI is InChI=1S/C13H18N2O4/c1-7-11(19-8(2)14-7)12(16)15-10-5-3-4-9(6-10)13(17)18/h9-10H,3-6H2,1-2H3,(H,15,16)(H,17,18). The second-order valence-electron chi connectivity index (χ2n) is 5.02. The summed E-state index contributed by atoms with van der Waals surface area (Å²) >= 11 is 0. The Morgan fingerprint density at radius 3 is 2.68 bits per heavy atom. The van der Waals surface area contributed by atoms with Crippen molar-refractivity contribution in [1.82, 2.24) is 10.3 Å². The van der Waals surface area contributed by atoms with Crippen LogP contribution in [0, 0.1) is 19.8 Å². The molecule has 2 unspecified atom stereocenters. The van der Waals surface area contributed by atoms with Gasteiger partial charge in [0.2, 0.25) is 5.76 Å². The summed E-state index contributed by atoms with van der Waals surface area (Å²) in [5.41, 5.74) is 0.556. The van der Waals surface area contributed by atoms with Crippen LogP contribution in [0.15, 0.2) is 4.42 Å². The van der Waals surface area contributed by atoms with E-state index in [-0.39, 0.29) is 23.6 Å². The Balaban J connectivity index is 1.99. The average molecular weight is 266 g/mol. The van der Waals surface area contributed by atoms with Gasteiger partial charge in [-0.3, -0.25) is 9.59 Å². The number of carbonyl (C=O) groups is 2. The third-order valence-electron chi connectivity index (χ3n) is 3.47. The lowest BCUT2D eigenvalue weighted by Gasteiger charge is -2.27. The van der Waals surface area contributed by atoms with Gasteiger partial charge in [0.15, 0.2) is 5.89 Å². The molecule has 19 heavy (non-hydrogen) atoms. The fourth-order valence-electron chi connectivity index (χ4n) is 2.54. The molecule has 1 amide bonds. The molecule has 0 spiro atoms. The van der Waals surface area contributed by atoms with Gasteiger partial charge in [-0.25, -0.2) is 4.98 Å². The number of nitrogens with one attached hydrogen (secondary N) is 1. The molecule has 1 aromatic rings. The van der Waals surface area contributed by atoms with Gasteiger partial charge in [-0.1, -0.05) is 6.42 Å². The largest absolute Gasteiger partial charge is 0.481 e. The Labute approximate surface area is 111 Å². The third-order valence-corrected chi connectivity index (χ3v) is 3.47. The zero-order valence-corrected chi connectivity index (χ0v) is 11.1. The molecule has 2 rings (SSSR count). The third kappa shape index (κ3) is 3.13. The summed E-state index contributed by atoms with van der Waals surface area (Å²) in [5.74, 6) is -0.791. The normalized spacial score (nSPS) is 23.1. The molecular formula is C13H18N2O4. The summed E-state index contributed by atoms with van der Waals surface area (Å²) < 4.78 is 5.25. The van der Waals surface area contributed by atoms with E-state index in [1.165, 1.54) is 0 Å². The van der Waals surface area contributed by atoms with Gasteiger partial charge in [-0.2, -0.15) is 0 Å². The van der Waals surface area contributed by atoms with Crippen molar-refractivity contribution >= 4 is 11.9 Å². The van der Waals surface area contributed by atoms with Crippen LogP contribution in [0.1, 0.15) is 47.8 Å². The zero-order chi connectivity index (χ0) is 14.0. The van der Waals surface area contributed by atoms with Crippen molar-refractivity contribution in [3.8, 4) is 0 Å². The maximum absolute atomic E-state index is 12.0. The first-order valence-electron chi connectivity index (χ1n) is 6.45. The van der Waals surface area contributed by atoms with Crippen LogP contribution in [-0.2, 0) is 4.79 Å². The molecule has 2 atom stereocenters. The monoisotopic (exact) mass is 266 g/mol. The lowest BCUT2D eigenvalue weighted by atomic mass is 9.86. The molecule has 104 valence electrons. The Kier molecular flexibility index (Phi) is 3.87. The van der Waals surface area contributed by atoms with Gasteiger partial charge < -0.3 is 14.8 Å². The van der Waals surface area contributed by atoms with Crippen LogP contribution in [0.25, 0.3) is 0 Å². The van der Waals surface area contributed by atoms with Gasteiger partial charge >= 0.3 is 5.97 Å². The summed E-state index contributed by atoms with van der Waals surface area (Å²) in [7, 11) is 0. The maximum Gasteiger partial charge on any atom is 0.306 e. The van der Waals surface area contributed by atoms with Crippen molar-refractivity contribution in [2.45, 2.75) is 45.6 Å². The van der Waals surface area contributed by atoms with Gasteiger partial charge in [-0.05, 0) is 26.2 Å². The van der Waals surface area contributed by atoms with Crippen molar-refractivity contribution in [1.29, 1.82) is 0 Å². The first-order chi connectivity index (χ1) is 8.97. The van der Waals surface area contributed by atoms with E-state index in [1.807, 2.05) is 0 Å². The molecule has 0 radical (unpaired) electrons. The number of amides is 1. The summed E-state index contributed by atoms with van der Waals surface area (Å²) in [5, 5.41) is 11.9. The molecule has 2 N–H and O–H groups in total. The minimum atomic E-state index is -0.786. The van der Waals surface area contributed by atoms with E-state index < -0.39 is 5.97 Å². The van der Waals surface area contributed by atoms with E-state index in [0.29, 0.717) is 24.4 Å². The first-order valence-corrected chi connectivity index (χ1v) is 6.45. The van der Waals surface area contributed by atoms with Crippen LogP contribution in [0.4, 0.5) is 0 Å². The molecule has 1 aliphatic rings. The lowest BCUT2D eigenvalue weighted by Crippen LogP contribution is -2.40. The molecule has 1 aromatic heterocycles. The Morgan fingerprint density at radius 1 is 1.37 bits per heavy atom. The second kappa shape index (κ2) is 5.42. The minimum Gasteiger partial charge on any atom is -0.481 e. The molecule has 1 heterocycles. The number of nitrogens with zero attached hydrogens (tertiary/aromatic N) is 1. The van der Waals surface area contributed by atoms with Crippen LogP contribution in [0.3, 0.4) is 0 Å². The van der Waals surface area contributed by atoms with E-state index in [0.717, 1.165) is 12.8 Å². The average Bonchev–Trinajstić information content (AvgIpc) is 2.69. The van der Waals surface area contributed by atoms with Crippen molar-refractivity contribution in [2.24, 2.45) is 5.92 Å². The van der Waals surface area contributed by atoms with E-state index in [1.54, 1.807) is 13.8 Å². The maximum atomic E-state index is 12.0. The fourth-order valence-corrected chi connectivity index (χ4v) is 2.54. The molecule has 0 saturated heterocycles. The highest BCUT2D eigenvalue weighted by Crippen LogP contribution is 2.24. The zero-order valence-electron chi connectivity index (χ0n) is 11.1. The van der Waals surface area contributed by atoms with E-state index in [2.05, 4.69) is 10.3 Å². The van der Waals surface area contributed by atoms with Gasteiger partial charge in [0.25, 0.3) is 5.91 Å². The predicted octanol–water partition coefficient (Wildman–Crippen LogP) is 1.66. The van der Waals surface area contributed by atoms with Gasteiger partial charge in [0.1, 0.15) is 0 Å². The van der Waals surface area contributed by atoms with Crippen molar-refractivity contribution in [2.75, 3.05) is 0 Å². The lowest BCUT2D eigenvalue weighted by molar-refractivity contribution is -0.143. The quantitative estimate of drug-likeness (QED) is 0.868. The highest BCUT2D eigenvalue weighted by atomic mass is 16.4. The van der Waals surface area contributed by atoms with Crippen molar-refractivity contribution in [3.63, 3.8) is 0 Å². The number of carbonyl (C=O) groups excluding carboxylic acids is 1. The smallest absolute Gasteiger partial charge is 0.306 e. The van der Waals surface area contributed by atoms with Gasteiger partial charge in [0, 0.05) is 13.0 Å². The highest BCUT2D eigenvalue weighted by molar-refractivity contribution is 5.92. The molecule has 6 nitrogen and oxygen atoms in total. The summed E-state index contributed by atoms with van der Waals surface area (Å²) in [6.07, 6.45) is 2.79. The minimum absolute atomic E-state index is 0.104. The number of carboxylic acid groups (broad SMARTS) is 1. The molecule has 6 heteroatoms. The van der Waals surface area contributed by atoms with Crippen LogP contribution in [-0.4, -0.2) is 28.0 Å². The topological polar surface area (TPSA) is 92.4 Å². The number of aliphatic carboxylic acids is 1. The number of aryl methyl sites for hydroxylation is 2. The number of hydrogen-bond acceptors (Lipinski definition) is 4. The molecular weight excluding hydrogens is 248 g/mol. The molecule has 0 aliphatic heterocycles. The number of carboxylic acids is 1. The van der Waals surface area contributed by atoms with E-state index in [4.69, 9.17) is 9.52 Å².